The Morgan fingerprint density at radius 1 is 1.00 bits per heavy atom. The third-order valence-electron chi connectivity index (χ3n) is 8.54. The van der Waals surface area contributed by atoms with E-state index in [4.69, 9.17) is 9.72 Å². The van der Waals surface area contributed by atoms with Crippen LogP contribution in [0.4, 0.5) is 4.79 Å². The number of H-pyrrole nitrogens is 2. The number of rotatable bonds is 8. The van der Waals surface area contributed by atoms with Gasteiger partial charge < -0.3 is 30.2 Å². The molecule has 2 unspecified atom stereocenters. The highest BCUT2D eigenvalue weighted by Crippen LogP contribution is 2.35. The van der Waals surface area contributed by atoms with Crippen molar-refractivity contribution in [3.05, 3.63) is 83.8 Å². The van der Waals surface area contributed by atoms with Gasteiger partial charge in [-0.15, -0.1) is 0 Å². The number of hydrogen-bond acceptors (Lipinski definition) is 7. The summed E-state index contributed by atoms with van der Waals surface area (Å²) in [5.41, 5.74) is 3.42. The molecule has 10 nitrogen and oxygen atoms in total. The lowest BCUT2D eigenvalue weighted by Gasteiger charge is -2.30. The summed E-state index contributed by atoms with van der Waals surface area (Å²) >= 11 is 1.64. The van der Waals surface area contributed by atoms with Crippen LogP contribution in [-0.4, -0.2) is 63.1 Å². The number of imidazole rings is 2. The van der Waals surface area contributed by atoms with Crippen molar-refractivity contribution in [1.29, 1.82) is 0 Å². The van der Waals surface area contributed by atoms with Crippen LogP contribution < -0.4 is 10.6 Å². The number of amides is 2. The largest absolute Gasteiger partial charge is 0.453 e. The van der Waals surface area contributed by atoms with Gasteiger partial charge in [0.05, 0.1) is 37.3 Å². The zero-order chi connectivity index (χ0) is 33.5. The van der Waals surface area contributed by atoms with E-state index < -0.39 is 12.1 Å². The summed E-state index contributed by atoms with van der Waals surface area (Å²) in [7, 11) is 1.30. The molecule has 0 spiro atoms. The molecule has 2 aliphatic rings. The van der Waals surface area contributed by atoms with Gasteiger partial charge in [-0.25, -0.2) is 14.8 Å². The third-order valence-corrected chi connectivity index (χ3v) is 9.61. The van der Waals surface area contributed by atoms with E-state index in [1.54, 1.807) is 18.0 Å². The molecule has 2 aromatic heterocycles. The molecule has 6 rings (SSSR count). The van der Waals surface area contributed by atoms with E-state index in [1.807, 2.05) is 55.3 Å². The second-order valence-electron chi connectivity index (χ2n) is 12.2. The van der Waals surface area contributed by atoms with Gasteiger partial charge in [-0.05, 0) is 80.2 Å². The lowest BCUT2D eigenvalue weighted by atomic mass is 10.0. The van der Waals surface area contributed by atoms with Gasteiger partial charge in [0, 0.05) is 27.5 Å². The second kappa shape index (κ2) is 15.3. The van der Waals surface area contributed by atoms with Crippen LogP contribution in [0.1, 0.15) is 74.5 Å². The first-order chi connectivity index (χ1) is 23.4. The van der Waals surface area contributed by atoms with Crippen LogP contribution in [-0.2, 0) is 9.53 Å². The number of nitrogens with zero attached hydrogens (tertiary/aromatic N) is 3. The first-order valence-electron chi connectivity index (χ1n) is 16.3. The minimum absolute atomic E-state index is 0.101. The van der Waals surface area contributed by atoms with E-state index >= 15 is 0 Å². The van der Waals surface area contributed by atoms with Crippen molar-refractivity contribution in [2.24, 2.45) is 5.92 Å². The maximum absolute atomic E-state index is 13.6. The van der Waals surface area contributed by atoms with Crippen LogP contribution >= 0.6 is 11.8 Å². The van der Waals surface area contributed by atoms with Crippen LogP contribution in [0.5, 0.6) is 0 Å². The van der Waals surface area contributed by atoms with Crippen LogP contribution in [0, 0.1) is 29.6 Å². The molecule has 246 valence electrons. The zero-order valence-electron chi connectivity index (χ0n) is 27.3. The van der Waals surface area contributed by atoms with Crippen LogP contribution in [0.15, 0.2) is 70.7 Å². The molecule has 3 atom stereocenters. The van der Waals surface area contributed by atoms with Gasteiger partial charge in [0.1, 0.15) is 23.4 Å². The molecule has 2 saturated heterocycles. The highest BCUT2D eigenvalue weighted by Gasteiger charge is 2.37. The summed E-state index contributed by atoms with van der Waals surface area (Å²) in [5, 5.41) is 6.15. The van der Waals surface area contributed by atoms with E-state index in [9.17, 15) is 9.59 Å². The predicted octanol–water partition coefficient (Wildman–Crippen LogP) is 5.82. The molecule has 0 radical (unpaired) electrons. The normalized spacial score (nSPS) is 17.7. The SMILES string of the molecule is COC(=O)N[C@H](C(=O)N1CCCC1c1ncc(-c2ccc(C#CC#Cc3cnc(C4CCCN4)[nH]3)c(Sc3ccccc3)c2)[nH]1)C(C)C. The molecule has 0 saturated carbocycles. The summed E-state index contributed by atoms with van der Waals surface area (Å²) in [6.07, 6.45) is 6.81. The Labute approximate surface area is 285 Å². The molecule has 4 N–H and O–H groups in total. The van der Waals surface area contributed by atoms with Crippen molar-refractivity contribution in [3.8, 4) is 34.9 Å². The summed E-state index contributed by atoms with van der Waals surface area (Å²) in [4.78, 5) is 45.4. The van der Waals surface area contributed by atoms with Gasteiger partial charge in [0.25, 0.3) is 0 Å². The smallest absolute Gasteiger partial charge is 0.407 e. The van der Waals surface area contributed by atoms with Crippen molar-refractivity contribution in [2.75, 3.05) is 20.2 Å². The lowest BCUT2D eigenvalue weighted by molar-refractivity contribution is -0.135. The van der Waals surface area contributed by atoms with E-state index in [2.05, 4.69) is 67.5 Å². The monoisotopic (exact) mass is 661 g/mol. The van der Waals surface area contributed by atoms with Crippen molar-refractivity contribution >= 4 is 23.8 Å². The van der Waals surface area contributed by atoms with Gasteiger partial charge in [0.2, 0.25) is 5.91 Å². The maximum atomic E-state index is 13.6. The Morgan fingerprint density at radius 3 is 2.58 bits per heavy atom. The number of benzene rings is 2. The summed E-state index contributed by atoms with van der Waals surface area (Å²) in [5.74, 6) is 13.7. The minimum Gasteiger partial charge on any atom is -0.453 e. The van der Waals surface area contributed by atoms with Crippen molar-refractivity contribution < 1.29 is 14.3 Å². The van der Waals surface area contributed by atoms with Crippen LogP contribution in [0.25, 0.3) is 11.3 Å². The Morgan fingerprint density at radius 2 is 1.81 bits per heavy atom. The molecular formula is C37H39N7O3S. The number of carbonyl (C=O) groups excluding carboxylic acids is 2. The average Bonchev–Trinajstić information content (AvgIpc) is 3.93. The fourth-order valence-electron chi connectivity index (χ4n) is 6.03. The molecule has 2 amide bonds. The first kappa shape index (κ1) is 33.0. The fraction of sp³-hybridized carbons (Fsp3) is 0.351. The highest BCUT2D eigenvalue weighted by molar-refractivity contribution is 7.99. The Hall–Kier alpha value is -4.97. The number of nitrogens with one attached hydrogen (secondary N) is 4. The fourth-order valence-corrected chi connectivity index (χ4v) is 6.99. The highest BCUT2D eigenvalue weighted by atomic mass is 32.2. The minimum atomic E-state index is -0.686. The predicted molar refractivity (Wildman–Crippen MR) is 185 cm³/mol. The maximum Gasteiger partial charge on any atom is 0.407 e. The number of alkyl carbamates (subject to hydrolysis) is 1. The summed E-state index contributed by atoms with van der Waals surface area (Å²) in [6, 6.07) is 15.7. The zero-order valence-corrected chi connectivity index (χ0v) is 28.1. The van der Waals surface area contributed by atoms with Crippen LogP contribution in [0.2, 0.25) is 0 Å². The number of carbonyl (C=O) groups is 2. The molecule has 11 heteroatoms. The molecule has 2 aromatic carbocycles. The van der Waals surface area contributed by atoms with Gasteiger partial charge >= 0.3 is 6.09 Å². The van der Waals surface area contributed by atoms with Gasteiger partial charge in [0.15, 0.2) is 0 Å². The number of likely N-dealkylation sites (tertiary alicyclic amines) is 1. The molecule has 0 aliphatic carbocycles. The number of aromatic nitrogens is 4. The van der Waals surface area contributed by atoms with Crippen molar-refractivity contribution in [1.82, 2.24) is 35.5 Å². The van der Waals surface area contributed by atoms with Crippen molar-refractivity contribution in [3.63, 3.8) is 0 Å². The quantitative estimate of drug-likeness (QED) is 0.175. The average molecular weight is 662 g/mol. The van der Waals surface area contributed by atoms with E-state index in [-0.39, 0.29) is 23.9 Å². The van der Waals surface area contributed by atoms with Gasteiger partial charge in [-0.2, -0.15) is 0 Å². The second-order valence-corrected chi connectivity index (χ2v) is 13.3. The molecule has 2 aliphatic heterocycles. The summed E-state index contributed by atoms with van der Waals surface area (Å²) in [6.45, 7) is 5.42. The van der Waals surface area contributed by atoms with E-state index in [0.29, 0.717) is 6.54 Å². The number of methoxy groups -OCH3 is 1. The molecule has 2 fully saturated rings. The summed E-state index contributed by atoms with van der Waals surface area (Å²) < 4.78 is 4.76. The number of aromatic amines is 2. The molecular weight excluding hydrogens is 623 g/mol. The van der Waals surface area contributed by atoms with E-state index in [0.717, 1.165) is 76.2 Å². The Bertz CT molecular complexity index is 1870. The third kappa shape index (κ3) is 7.76. The van der Waals surface area contributed by atoms with Crippen LogP contribution in [0.3, 0.4) is 0 Å². The Balaban J connectivity index is 1.22. The molecule has 4 aromatic rings. The lowest BCUT2D eigenvalue weighted by Crippen LogP contribution is -2.51. The molecule has 0 bridgehead atoms. The van der Waals surface area contributed by atoms with Crippen molar-refractivity contribution in [2.45, 2.75) is 67.4 Å². The number of hydrogen-bond donors (Lipinski definition) is 4. The first-order valence-corrected chi connectivity index (χ1v) is 17.1. The van der Waals surface area contributed by atoms with Gasteiger partial charge in [-0.3, -0.25) is 4.79 Å². The standard InChI is InChI=1S/C37H39N7O3S/c1-24(2)33(43-37(46)47-3)36(45)44-20-10-16-31(44)35-40-23-30(42-35)26-18-17-25(32(21-26)48-28-13-5-4-6-14-28)11-7-8-12-27-22-39-34(41-27)29-15-9-19-38-29/h4-6,13-14,17-18,21-24,29,31,33,38H,9-10,15-16,19-20H2,1-3H3,(H,39,41)(H,40,42)(H,43,46)/t29?,31?,33-/m0/s1. The molecule has 48 heavy (non-hydrogen) atoms. The Kier molecular flexibility index (Phi) is 10.5. The van der Waals surface area contributed by atoms with Gasteiger partial charge in [-0.1, -0.05) is 55.8 Å². The number of ether oxygens (including phenoxy) is 1. The topological polar surface area (TPSA) is 128 Å². The molecule has 4 heterocycles. The van der Waals surface area contributed by atoms with E-state index in [1.165, 1.54) is 7.11 Å².